The maximum Gasteiger partial charge on any atom is 0.334 e. The van der Waals surface area contributed by atoms with Crippen LogP contribution in [0.15, 0.2) is 41.7 Å². The summed E-state index contributed by atoms with van der Waals surface area (Å²) in [6, 6.07) is 7.11. The molecular formula is C15H14O5. The van der Waals surface area contributed by atoms with Gasteiger partial charge in [-0.1, -0.05) is 0 Å². The van der Waals surface area contributed by atoms with Crippen LogP contribution in [-0.4, -0.2) is 26.0 Å². The maximum atomic E-state index is 12.0. The van der Waals surface area contributed by atoms with E-state index < -0.39 is 5.97 Å². The Balaban J connectivity index is 2.31. The molecule has 0 bridgehead atoms. The van der Waals surface area contributed by atoms with Gasteiger partial charge in [0, 0.05) is 11.1 Å². The standard InChI is InChI=1S/C15H14O5/c1-9-14(17)12(8-13(16)19-3)20-15(9)10-4-6-11(18-2)7-5-10/h4-8H,1-3H3. The van der Waals surface area contributed by atoms with Crippen molar-refractivity contribution in [2.24, 2.45) is 0 Å². The lowest BCUT2D eigenvalue weighted by Crippen LogP contribution is -2.03. The number of hydrogen-bond donors (Lipinski definition) is 0. The van der Waals surface area contributed by atoms with Crippen LogP contribution < -0.4 is 4.74 Å². The van der Waals surface area contributed by atoms with Gasteiger partial charge in [-0.05, 0) is 31.2 Å². The van der Waals surface area contributed by atoms with Gasteiger partial charge in [-0.3, -0.25) is 4.79 Å². The molecule has 104 valence electrons. The van der Waals surface area contributed by atoms with E-state index in [4.69, 9.17) is 9.47 Å². The number of ether oxygens (including phenoxy) is 3. The first-order valence-electron chi connectivity index (χ1n) is 5.94. The Morgan fingerprint density at radius 2 is 1.85 bits per heavy atom. The predicted octanol–water partition coefficient (Wildman–Crippen LogP) is 2.08. The Labute approximate surface area is 116 Å². The number of hydrogen-bond acceptors (Lipinski definition) is 5. The molecule has 0 N–H and O–H groups in total. The van der Waals surface area contributed by atoms with Crippen LogP contribution in [-0.2, 0) is 19.1 Å². The fourth-order valence-electron chi connectivity index (χ4n) is 1.80. The fourth-order valence-corrected chi connectivity index (χ4v) is 1.80. The Bertz CT molecular complexity index is 608. The Hall–Kier alpha value is -2.56. The molecule has 0 fully saturated rings. The van der Waals surface area contributed by atoms with Crippen LogP contribution in [0.1, 0.15) is 12.5 Å². The van der Waals surface area contributed by atoms with Gasteiger partial charge in [-0.25, -0.2) is 4.79 Å². The molecule has 5 nitrogen and oxygen atoms in total. The van der Waals surface area contributed by atoms with E-state index in [2.05, 4.69) is 4.74 Å². The second-order valence-corrected chi connectivity index (χ2v) is 4.15. The minimum absolute atomic E-state index is 0.0276. The zero-order chi connectivity index (χ0) is 14.7. The van der Waals surface area contributed by atoms with Crippen molar-refractivity contribution in [3.05, 3.63) is 47.2 Å². The van der Waals surface area contributed by atoms with Gasteiger partial charge in [-0.2, -0.15) is 0 Å². The second kappa shape index (κ2) is 5.61. The van der Waals surface area contributed by atoms with Crippen LogP contribution in [0.25, 0.3) is 5.76 Å². The zero-order valence-electron chi connectivity index (χ0n) is 11.4. The largest absolute Gasteiger partial charge is 0.497 e. The van der Waals surface area contributed by atoms with Gasteiger partial charge in [-0.15, -0.1) is 0 Å². The summed E-state index contributed by atoms with van der Waals surface area (Å²) in [6.45, 7) is 1.65. The van der Waals surface area contributed by atoms with Crippen LogP contribution in [0.2, 0.25) is 0 Å². The highest BCUT2D eigenvalue weighted by Crippen LogP contribution is 2.32. The Morgan fingerprint density at radius 3 is 2.40 bits per heavy atom. The first-order valence-corrected chi connectivity index (χ1v) is 5.94. The highest BCUT2D eigenvalue weighted by atomic mass is 16.5. The first kappa shape index (κ1) is 13.9. The molecule has 0 aromatic heterocycles. The maximum absolute atomic E-state index is 12.0. The van der Waals surface area contributed by atoms with Gasteiger partial charge in [0.25, 0.3) is 0 Å². The second-order valence-electron chi connectivity index (χ2n) is 4.15. The summed E-state index contributed by atoms with van der Waals surface area (Å²) in [6.07, 6.45) is 1.04. The van der Waals surface area contributed by atoms with E-state index in [1.807, 2.05) is 0 Å². The van der Waals surface area contributed by atoms with Gasteiger partial charge in [0.1, 0.15) is 11.5 Å². The van der Waals surface area contributed by atoms with Crippen molar-refractivity contribution >= 4 is 17.5 Å². The van der Waals surface area contributed by atoms with Crippen molar-refractivity contribution < 1.29 is 23.8 Å². The van der Waals surface area contributed by atoms with E-state index in [1.165, 1.54) is 7.11 Å². The monoisotopic (exact) mass is 274 g/mol. The van der Waals surface area contributed by atoms with Crippen LogP contribution in [0.3, 0.4) is 0 Å². The molecule has 0 amide bonds. The number of rotatable bonds is 3. The number of carbonyl (C=O) groups is 2. The molecular weight excluding hydrogens is 260 g/mol. The minimum Gasteiger partial charge on any atom is -0.497 e. The number of esters is 1. The van der Waals surface area contributed by atoms with E-state index in [0.717, 1.165) is 11.6 Å². The molecule has 0 saturated carbocycles. The molecule has 5 heteroatoms. The average molecular weight is 274 g/mol. The highest BCUT2D eigenvalue weighted by molar-refractivity contribution is 6.16. The SMILES string of the molecule is COC(=O)C=C1OC(c2ccc(OC)cc2)=C(C)C1=O. The van der Waals surface area contributed by atoms with Gasteiger partial charge in [0.15, 0.2) is 5.76 Å². The van der Waals surface area contributed by atoms with Crippen molar-refractivity contribution in [3.8, 4) is 5.75 Å². The number of carbonyl (C=O) groups excluding carboxylic acids is 2. The van der Waals surface area contributed by atoms with E-state index in [0.29, 0.717) is 17.1 Å². The lowest BCUT2D eigenvalue weighted by Gasteiger charge is -2.05. The van der Waals surface area contributed by atoms with Crippen molar-refractivity contribution in [2.75, 3.05) is 14.2 Å². The molecule has 1 heterocycles. The van der Waals surface area contributed by atoms with Crippen molar-refractivity contribution in [1.29, 1.82) is 0 Å². The molecule has 0 aliphatic carbocycles. The average Bonchev–Trinajstić information content (AvgIpc) is 2.75. The summed E-state index contributed by atoms with van der Waals surface area (Å²) in [4.78, 5) is 23.2. The van der Waals surface area contributed by atoms with E-state index >= 15 is 0 Å². The quantitative estimate of drug-likeness (QED) is 0.624. The zero-order valence-corrected chi connectivity index (χ0v) is 11.4. The van der Waals surface area contributed by atoms with Crippen LogP contribution in [0.5, 0.6) is 5.75 Å². The van der Waals surface area contributed by atoms with Gasteiger partial charge in [0.2, 0.25) is 5.78 Å². The minimum atomic E-state index is -0.628. The van der Waals surface area contributed by atoms with Crippen LogP contribution >= 0.6 is 0 Å². The lowest BCUT2D eigenvalue weighted by atomic mass is 10.1. The van der Waals surface area contributed by atoms with Gasteiger partial charge < -0.3 is 14.2 Å². The summed E-state index contributed by atoms with van der Waals surface area (Å²) in [5, 5.41) is 0. The molecule has 0 atom stereocenters. The predicted molar refractivity (Wildman–Crippen MR) is 71.8 cm³/mol. The topological polar surface area (TPSA) is 61.8 Å². The summed E-state index contributed by atoms with van der Waals surface area (Å²) in [5.41, 5.74) is 1.19. The smallest absolute Gasteiger partial charge is 0.334 e. The fraction of sp³-hybridized carbons (Fsp3) is 0.200. The van der Waals surface area contributed by atoms with Crippen LogP contribution in [0.4, 0.5) is 0 Å². The molecule has 0 unspecified atom stereocenters. The molecule has 20 heavy (non-hydrogen) atoms. The third-order valence-electron chi connectivity index (χ3n) is 2.92. The summed E-state index contributed by atoms with van der Waals surface area (Å²) in [7, 11) is 2.82. The summed E-state index contributed by atoms with van der Waals surface area (Å²) in [5.74, 6) is 0.174. The van der Waals surface area contributed by atoms with E-state index in [-0.39, 0.29) is 11.5 Å². The molecule has 1 aromatic rings. The Kier molecular flexibility index (Phi) is 3.89. The van der Waals surface area contributed by atoms with Crippen molar-refractivity contribution in [1.82, 2.24) is 0 Å². The highest BCUT2D eigenvalue weighted by Gasteiger charge is 2.29. The molecule has 1 aromatic carbocycles. The van der Waals surface area contributed by atoms with E-state index in [1.54, 1.807) is 38.3 Å². The summed E-state index contributed by atoms with van der Waals surface area (Å²) < 4.78 is 15.0. The molecule has 0 radical (unpaired) electrons. The number of benzene rings is 1. The number of methoxy groups -OCH3 is 2. The number of Topliss-reactive ketones (excluding diaryl/α,β-unsaturated/α-hetero) is 1. The molecule has 2 rings (SSSR count). The Morgan fingerprint density at radius 1 is 1.20 bits per heavy atom. The van der Waals surface area contributed by atoms with Gasteiger partial charge >= 0.3 is 5.97 Å². The molecule has 1 aliphatic rings. The summed E-state index contributed by atoms with van der Waals surface area (Å²) >= 11 is 0. The lowest BCUT2D eigenvalue weighted by molar-refractivity contribution is -0.135. The normalized spacial score (nSPS) is 16.4. The molecule has 0 spiro atoms. The number of allylic oxidation sites excluding steroid dienone is 1. The van der Waals surface area contributed by atoms with Gasteiger partial charge in [0.05, 0.1) is 20.3 Å². The molecule has 0 saturated heterocycles. The third kappa shape index (κ3) is 2.56. The first-order chi connectivity index (χ1) is 9.56. The van der Waals surface area contributed by atoms with Crippen molar-refractivity contribution in [3.63, 3.8) is 0 Å². The van der Waals surface area contributed by atoms with Crippen LogP contribution in [0, 0.1) is 0 Å². The molecule has 1 aliphatic heterocycles. The third-order valence-corrected chi connectivity index (χ3v) is 2.92. The van der Waals surface area contributed by atoms with Crippen molar-refractivity contribution in [2.45, 2.75) is 6.92 Å². The van der Waals surface area contributed by atoms with E-state index in [9.17, 15) is 9.59 Å². The number of ketones is 1.